The van der Waals surface area contributed by atoms with Crippen LogP contribution in [-0.2, 0) is 9.59 Å². The second kappa shape index (κ2) is 9.22. The maximum atomic E-state index is 13.0. The topological polar surface area (TPSA) is 66.4 Å². The molecule has 6 heteroatoms. The lowest BCUT2D eigenvalue weighted by Gasteiger charge is -2.18. The Balaban J connectivity index is 1.99. The normalized spacial score (nSPS) is 13.0. The highest BCUT2D eigenvalue weighted by molar-refractivity contribution is 8.00. The Kier molecular flexibility index (Phi) is 7.01. The number of halogens is 1. The van der Waals surface area contributed by atoms with Crippen LogP contribution in [0.5, 0.6) is 0 Å². The third-order valence-electron chi connectivity index (χ3n) is 3.74. The van der Waals surface area contributed by atoms with Crippen molar-refractivity contribution in [2.45, 2.75) is 29.4 Å². The zero-order valence-electron chi connectivity index (χ0n) is 13.8. The number of carbonyl (C=O) groups is 2. The van der Waals surface area contributed by atoms with E-state index in [1.54, 1.807) is 0 Å². The van der Waals surface area contributed by atoms with Gasteiger partial charge in [-0.2, -0.15) is 0 Å². The first-order valence-electron chi connectivity index (χ1n) is 7.99. The molecule has 2 N–H and O–H groups in total. The third-order valence-corrected chi connectivity index (χ3v) is 5.11. The molecule has 2 aromatic rings. The van der Waals surface area contributed by atoms with E-state index in [0.717, 1.165) is 4.90 Å². The summed E-state index contributed by atoms with van der Waals surface area (Å²) in [6, 6.07) is 14.9. The van der Waals surface area contributed by atoms with Gasteiger partial charge in [-0.25, -0.2) is 4.39 Å². The Morgan fingerprint density at radius 3 is 2.32 bits per heavy atom. The molecule has 0 heterocycles. The third kappa shape index (κ3) is 5.60. The molecule has 25 heavy (non-hydrogen) atoms. The van der Waals surface area contributed by atoms with Crippen LogP contribution in [-0.4, -0.2) is 28.8 Å². The second-order valence-corrected chi connectivity index (χ2v) is 6.79. The Labute approximate surface area is 150 Å². The van der Waals surface area contributed by atoms with Crippen molar-refractivity contribution in [3.8, 4) is 0 Å². The molecule has 1 amide bonds. The van der Waals surface area contributed by atoms with Gasteiger partial charge in [0.15, 0.2) is 0 Å². The number of carboxylic acids is 1. The molecule has 0 bridgehead atoms. The molecule has 4 nitrogen and oxygen atoms in total. The fraction of sp³-hybridized carbons (Fsp3) is 0.263. The predicted molar refractivity (Wildman–Crippen MR) is 96.2 cm³/mol. The van der Waals surface area contributed by atoms with Gasteiger partial charge in [0.1, 0.15) is 5.82 Å². The summed E-state index contributed by atoms with van der Waals surface area (Å²) in [5, 5.41) is 11.8. The number of hydrogen-bond acceptors (Lipinski definition) is 3. The minimum atomic E-state index is -1.06. The Morgan fingerprint density at radius 2 is 1.76 bits per heavy atom. The first-order chi connectivity index (χ1) is 12.0. The van der Waals surface area contributed by atoms with Gasteiger partial charge < -0.3 is 10.4 Å². The Morgan fingerprint density at radius 1 is 1.12 bits per heavy atom. The van der Waals surface area contributed by atoms with Crippen LogP contribution in [0.25, 0.3) is 0 Å². The van der Waals surface area contributed by atoms with Gasteiger partial charge in [-0.15, -0.1) is 11.8 Å². The fourth-order valence-corrected chi connectivity index (χ4v) is 3.34. The number of carboxylic acid groups (broad SMARTS) is 1. The number of aliphatic carboxylic acids is 1. The van der Waals surface area contributed by atoms with Crippen molar-refractivity contribution in [1.82, 2.24) is 5.32 Å². The molecule has 0 saturated heterocycles. The molecular weight excluding hydrogens is 341 g/mol. The van der Waals surface area contributed by atoms with E-state index < -0.39 is 17.7 Å². The lowest BCUT2D eigenvalue weighted by Crippen LogP contribution is -2.37. The van der Waals surface area contributed by atoms with Gasteiger partial charge in [-0.1, -0.05) is 37.3 Å². The summed E-state index contributed by atoms with van der Waals surface area (Å²) in [5.74, 6) is -2.61. The van der Waals surface area contributed by atoms with Gasteiger partial charge in [-0.05, 0) is 36.2 Å². The van der Waals surface area contributed by atoms with Crippen LogP contribution in [0.1, 0.15) is 24.8 Å². The molecule has 0 radical (unpaired) electrons. The maximum absolute atomic E-state index is 13.0. The smallest absolute Gasteiger partial charge is 0.312 e. The van der Waals surface area contributed by atoms with E-state index in [1.807, 2.05) is 37.3 Å². The monoisotopic (exact) mass is 361 g/mol. The van der Waals surface area contributed by atoms with Crippen LogP contribution in [0.15, 0.2) is 59.5 Å². The zero-order valence-corrected chi connectivity index (χ0v) is 14.6. The van der Waals surface area contributed by atoms with Crippen molar-refractivity contribution in [3.63, 3.8) is 0 Å². The molecule has 2 atom stereocenters. The SMILES string of the molecule is CCC(Sc1ccccc1)C(=O)NCC(C(=O)O)c1ccc(F)cc1. The van der Waals surface area contributed by atoms with Gasteiger partial charge in [-0.3, -0.25) is 9.59 Å². The molecule has 2 unspecified atom stereocenters. The highest BCUT2D eigenvalue weighted by atomic mass is 32.2. The van der Waals surface area contributed by atoms with Crippen molar-refractivity contribution >= 4 is 23.6 Å². The number of nitrogens with one attached hydrogen (secondary N) is 1. The standard InChI is InChI=1S/C19H20FNO3S/c1-2-17(25-15-6-4-3-5-7-15)18(22)21-12-16(19(23)24)13-8-10-14(20)11-9-13/h3-11,16-17H,2,12H2,1H3,(H,21,22)(H,23,24). The predicted octanol–water partition coefficient (Wildman–Crippen LogP) is 3.68. The van der Waals surface area contributed by atoms with E-state index in [0.29, 0.717) is 12.0 Å². The molecular formula is C19H20FNO3S. The number of hydrogen-bond donors (Lipinski definition) is 2. The van der Waals surface area contributed by atoms with Crippen molar-refractivity contribution in [3.05, 3.63) is 66.0 Å². The molecule has 0 spiro atoms. The summed E-state index contributed by atoms with van der Waals surface area (Å²) in [5.41, 5.74) is 0.456. The molecule has 2 rings (SSSR count). The van der Waals surface area contributed by atoms with Crippen LogP contribution in [0.4, 0.5) is 4.39 Å². The molecule has 0 aliphatic carbocycles. The zero-order chi connectivity index (χ0) is 18.2. The molecule has 0 saturated carbocycles. The van der Waals surface area contributed by atoms with Crippen LogP contribution in [0.2, 0.25) is 0 Å². The molecule has 0 aliphatic rings. The van der Waals surface area contributed by atoms with Crippen molar-refractivity contribution < 1.29 is 19.1 Å². The summed E-state index contributed by atoms with van der Waals surface area (Å²) in [7, 11) is 0. The van der Waals surface area contributed by atoms with Gasteiger partial charge in [0, 0.05) is 11.4 Å². The average molecular weight is 361 g/mol. The lowest BCUT2D eigenvalue weighted by molar-refractivity contribution is -0.138. The number of amides is 1. The van der Waals surface area contributed by atoms with E-state index in [1.165, 1.54) is 36.0 Å². The molecule has 0 aromatic heterocycles. The van der Waals surface area contributed by atoms with Crippen molar-refractivity contribution in [2.75, 3.05) is 6.54 Å². The summed E-state index contributed by atoms with van der Waals surface area (Å²) >= 11 is 1.45. The highest BCUT2D eigenvalue weighted by Crippen LogP contribution is 2.25. The summed E-state index contributed by atoms with van der Waals surface area (Å²) in [4.78, 5) is 24.9. The van der Waals surface area contributed by atoms with E-state index >= 15 is 0 Å². The summed E-state index contributed by atoms with van der Waals surface area (Å²) in [6.45, 7) is 1.88. The van der Waals surface area contributed by atoms with Crippen LogP contribution < -0.4 is 5.32 Å². The maximum Gasteiger partial charge on any atom is 0.312 e. The number of thioether (sulfide) groups is 1. The quantitative estimate of drug-likeness (QED) is 0.704. The van der Waals surface area contributed by atoms with Crippen LogP contribution >= 0.6 is 11.8 Å². The Bertz CT molecular complexity index is 706. The van der Waals surface area contributed by atoms with Gasteiger partial charge in [0.25, 0.3) is 0 Å². The van der Waals surface area contributed by atoms with Gasteiger partial charge >= 0.3 is 5.97 Å². The first-order valence-corrected chi connectivity index (χ1v) is 8.87. The molecule has 0 aliphatic heterocycles. The number of rotatable bonds is 8. The van der Waals surface area contributed by atoms with Gasteiger partial charge in [0.05, 0.1) is 11.2 Å². The second-order valence-electron chi connectivity index (χ2n) is 5.52. The van der Waals surface area contributed by atoms with Gasteiger partial charge in [0.2, 0.25) is 5.91 Å². The summed E-state index contributed by atoms with van der Waals surface area (Å²) < 4.78 is 13.0. The van der Waals surface area contributed by atoms with Crippen molar-refractivity contribution in [2.24, 2.45) is 0 Å². The van der Waals surface area contributed by atoms with Crippen LogP contribution in [0, 0.1) is 5.82 Å². The first kappa shape index (κ1) is 19.0. The minimum absolute atomic E-state index is 0.0361. The minimum Gasteiger partial charge on any atom is -0.481 e. The van der Waals surface area contributed by atoms with Crippen LogP contribution in [0.3, 0.4) is 0 Å². The summed E-state index contributed by atoms with van der Waals surface area (Å²) in [6.07, 6.45) is 0.625. The lowest BCUT2D eigenvalue weighted by atomic mass is 9.99. The average Bonchev–Trinajstić information content (AvgIpc) is 2.61. The number of benzene rings is 2. The van der Waals surface area contributed by atoms with E-state index in [-0.39, 0.29) is 17.7 Å². The molecule has 132 valence electrons. The van der Waals surface area contributed by atoms with E-state index in [4.69, 9.17) is 0 Å². The molecule has 2 aromatic carbocycles. The molecule has 0 fully saturated rings. The highest BCUT2D eigenvalue weighted by Gasteiger charge is 2.23. The van der Waals surface area contributed by atoms with Crippen molar-refractivity contribution in [1.29, 1.82) is 0 Å². The Hall–Kier alpha value is -2.34. The fourth-order valence-electron chi connectivity index (χ4n) is 2.34. The van der Waals surface area contributed by atoms with E-state index in [9.17, 15) is 19.1 Å². The largest absolute Gasteiger partial charge is 0.481 e. The van der Waals surface area contributed by atoms with E-state index in [2.05, 4.69) is 5.32 Å². The number of carbonyl (C=O) groups excluding carboxylic acids is 1.